The molecule has 132 valence electrons. The molecule has 0 radical (unpaired) electrons. The first kappa shape index (κ1) is 17.2. The Labute approximate surface area is 143 Å². The van der Waals surface area contributed by atoms with Gasteiger partial charge in [-0.05, 0) is 37.8 Å². The highest BCUT2D eigenvalue weighted by molar-refractivity contribution is 7.88. The summed E-state index contributed by atoms with van der Waals surface area (Å²) in [6.45, 7) is 1.67. The molecule has 1 unspecified atom stereocenters. The van der Waals surface area contributed by atoms with E-state index < -0.39 is 15.6 Å². The molecule has 2 aliphatic rings. The lowest BCUT2D eigenvalue weighted by atomic mass is 9.87. The minimum absolute atomic E-state index is 0.0149. The van der Waals surface area contributed by atoms with Crippen molar-refractivity contribution in [1.82, 2.24) is 9.21 Å². The van der Waals surface area contributed by atoms with Crippen molar-refractivity contribution in [2.45, 2.75) is 31.2 Å². The van der Waals surface area contributed by atoms with Gasteiger partial charge in [0.2, 0.25) is 10.0 Å². The zero-order chi connectivity index (χ0) is 17.2. The van der Waals surface area contributed by atoms with Crippen molar-refractivity contribution < 1.29 is 17.9 Å². The maximum atomic E-state index is 12.5. The van der Waals surface area contributed by atoms with Crippen LogP contribution in [0.5, 0.6) is 5.75 Å². The number of amides is 1. The van der Waals surface area contributed by atoms with Crippen LogP contribution in [0.4, 0.5) is 0 Å². The average molecular weight is 352 g/mol. The number of hydrogen-bond donors (Lipinski definition) is 0. The first-order chi connectivity index (χ1) is 11.4. The minimum Gasteiger partial charge on any atom is -0.484 e. The van der Waals surface area contributed by atoms with Crippen LogP contribution in [-0.2, 0) is 14.8 Å². The Balaban J connectivity index is 1.66. The van der Waals surface area contributed by atoms with Crippen LogP contribution < -0.4 is 4.74 Å². The molecule has 0 aliphatic carbocycles. The smallest absolute Gasteiger partial charge is 0.260 e. The molecule has 2 fully saturated rings. The number of carbonyl (C=O) groups excluding carboxylic acids is 1. The highest BCUT2D eigenvalue weighted by atomic mass is 32.2. The Hall–Kier alpha value is -1.60. The van der Waals surface area contributed by atoms with Crippen molar-refractivity contribution in [3.05, 3.63) is 30.3 Å². The van der Waals surface area contributed by atoms with Gasteiger partial charge < -0.3 is 9.64 Å². The molecule has 1 spiro atoms. The molecule has 7 heteroatoms. The molecule has 0 bridgehead atoms. The number of piperidine rings is 1. The fraction of sp³-hybridized carbons (Fsp3) is 0.588. The maximum Gasteiger partial charge on any atom is 0.260 e. The predicted molar refractivity (Wildman–Crippen MR) is 91.3 cm³/mol. The number of likely N-dealkylation sites (tertiary alicyclic amines) is 1. The van der Waals surface area contributed by atoms with E-state index >= 15 is 0 Å². The Morgan fingerprint density at radius 3 is 2.50 bits per heavy atom. The molecular formula is C17H24N2O4S. The van der Waals surface area contributed by atoms with Crippen LogP contribution in [0.25, 0.3) is 0 Å². The number of benzene rings is 1. The summed E-state index contributed by atoms with van der Waals surface area (Å²) < 4.78 is 31.3. The standard InChI is InChI=1S/C17H24N2O4S/c1-24(21,22)19-12-6-10-17(19)9-5-11-18(14-17)16(20)13-23-15-7-3-2-4-8-15/h2-4,7-8H,5-6,9-14H2,1H3. The monoisotopic (exact) mass is 352 g/mol. The lowest BCUT2D eigenvalue weighted by molar-refractivity contribution is -0.136. The minimum atomic E-state index is -3.25. The first-order valence-corrected chi connectivity index (χ1v) is 10.2. The molecule has 24 heavy (non-hydrogen) atoms. The summed E-state index contributed by atoms with van der Waals surface area (Å²) in [5, 5.41) is 0. The fourth-order valence-electron chi connectivity index (χ4n) is 3.92. The summed E-state index contributed by atoms with van der Waals surface area (Å²) in [5.41, 5.74) is -0.422. The van der Waals surface area contributed by atoms with E-state index in [1.807, 2.05) is 30.3 Å². The molecular weight excluding hydrogens is 328 g/mol. The average Bonchev–Trinajstić information content (AvgIpc) is 2.96. The zero-order valence-electron chi connectivity index (χ0n) is 14.0. The van der Waals surface area contributed by atoms with Gasteiger partial charge in [-0.15, -0.1) is 0 Å². The van der Waals surface area contributed by atoms with Crippen LogP contribution in [0.3, 0.4) is 0 Å². The molecule has 3 rings (SSSR count). The third kappa shape index (κ3) is 3.57. The van der Waals surface area contributed by atoms with E-state index in [1.54, 1.807) is 9.21 Å². The number of rotatable bonds is 4. The van der Waals surface area contributed by atoms with Crippen LogP contribution in [-0.4, -0.2) is 61.6 Å². The molecule has 0 aromatic heterocycles. The topological polar surface area (TPSA) is 66.9 Å². The lowest BCUT2D eigenvalue weighted by Gasteiger charge is -2.44. The largest absolute Gasteiger partial charge is 0.484 e. The van der Waals surface area contributed by atoms with Gasteiger partial charge in [-0.25, -0.2) is 8.42 Å². The van der Waals surface area contributed by atoms with Crippen molar-refractivity contribution >= 4 is 15.9 Å². The number of nitrogens with zero attached hydrogens (tertiary/aromatic N) is 2. The highest BCUT2D eigenvalue weighted by Crippen LogP contribution is 2.38. The Morgan fingerprint density at radius 1 is 1.17 bits per heavy atom. The molecule has 1 amide bonds. The summed E-state index contributed by atoms with van der Waals surface area (Å²) in [6, 6.07) is 9.24. The predicted octanol–water partition coefficient (Wildman–Crippen LogP) is 1.48. The van der Waals surface area contributed by atoms with E-state index in [2.05, 4.69) is 0 Å². The Bertz CT molecular complexity index is 692. The summed E-state index contributed by atoms with van der Waals surface area (Å²) in [7, 11) is -3.25. The molecule has 1 atom stereocenters. The van der Waals surface area contributed by atoms with Gasteiger partial charge in [-0.1, -0.05) is 18.2 Å². The molecule has 6 nitrogen and oxygen atoms in total. The van der Waals surface area contributed by atoms with Crippen molar-refractivity contribution in [1.29, 1.82) is 0 Å². The third-order valence-electron chi connectivity index (χ3n) is 4.95. The molecule has 2 saturated heterocycles. The molecule has 2 heterocycles. The second-order valence-electron chi connectivity index (χ2n) is 6.68. The fourth-order valence-corrected chi connectivity index (χ4v) is 5.32. The Kier molecular flexibility index (Phi) is 4.83. The molecule has 1 aromatic rings. The number of ether oxygens (including phenoxy) is 1. The number of sulfonamides is 1. The quantitative estimate of drug-likeness (QED) is 0.823. The highest BCUT2D eigenvalue weighted by Gasteiger charge is 2.48. The normalized spacial score (nSPS) is 25.1. The van der Waals surface area contributed by atoms with E-state index in [0.717, 1.165) is 25.7 Å². The van der Waals surface area contributed by atoms with E-state index in [1.165, 1.54) is 6.26 Å². The van der Waals surface area contributed by atoms with Gasteiger partial charge in [0.15, 0.2) is 6.61 Å². The first-order valence-electron chi connectivity index (χ1n) is 8.34. The summed E-state index contributed by atoms with van der Waals surface area (Å²) in [5.74, 6) is 0.578. The van der Waals surface area contributed by atoms with Gasteiger partial charge in [0.25, 0.3) is 5.91 Å². The third-order valence-corrected chi connectivity index (χ3v) is 6.32. The van der Waals surface area contributed by atoms with E-state index in [-0.39, 0.29) is 12.5 Å². The molecule has 0 saturated carbocycles. The maximum absolute atomic E-state index is 12.5. The second kappa shape index (κ2) is 6.72. The van der Waals surface area contributed by atoms with E-state index in [4.69, 9.17) is 4.74 Å². The van der Waals surface area contributed by atoms with Crippen molar-refractivity contribution in [2.24, 2.45) is 0 Å². The van der Waals surface area contributed by atoms with Crippen LogP contribution in [0, 0.1) is 0 Å². The lowest BCUT2D eigenvalue weighted by Crippen LogP contribution is -2.58. The van der Waals surface area contributed by atoms with Crippen LogP contribution in [0.2, 0.25) is 0 Å². The van der Waals surface area contributed by atoms with Crippen molar-refractivity contribution in [2.75, 3.05) is 32.5 Å². The zero-order valence-corrected chi connectivity index (χ0v) is 14.8. The number of para-hydroxylation sites is 1. The van der Waals surface area contributed by atoms with Gasteiger partial charge in [0.05, 0.1) is 11.8 Å². The van der Waals surface area contributed by atoms with Gasteiger partial charge in [-0.2, -0.15) is 4.31 Å². The molecule has 0 N–H and O–H groups in total. The van der Waals surface area contributed by atoms with Crippen LogP contribution in [0.15, 0.2) is 30.3 Å². The van der Waals surface area contributed by atoms with Gasteiger partial charge in [-0.3, -0.25) is 4.79 Å². The number of carbonyl (C=O) groups is 1. The van der Waals surface area contributed by atoms with Gasteiger partial charge >= 0.3 is 0 Å². The van der Waals surface area contributed by atoms with Gasteiger partial charge in [0, 0.05) is 19.6 Å². The molecule has 1 aromatic carbocycles. The Morgan fingerprint density at radius 2 is 1.83 bits per heavy atom. The SMILES string of the molecule is CS(=O)(=O)N1CCCC12CCCN(C(=O)COc1ccccc1)C2. The summed E-state index contributed by atoms with van der Waals surface area (Å²) in [6.07, 6.45) is 4.59. The van der Waals surface area contributed by atoms with Crippen molar-refractivity contribution in [3.8, 4) is 5.75 Å². The van der Waals surface area contributed by atoms with Crippen LogP contribution in [0.1, 0.15) is 25.7 Å². The van der Waals surface area contributed by atoms with Crippen molar-refractivity contribution in [3.63, 3.8) is 0 Å². The number of hydrogen-bond acceptors (Lipinski definition) is 4. The second-order valence-corrected chi connectivity index (χ2v) is 8.59. The van der Waals surface area contributed by atoms with Crippen LogP contribution >= 0.6 is 0 Å². The summed E-state index contributed by atoms with van der Waals surface area (Å²) >= 11 is 0. The molecule has 2 aliphatic heterocycles. The van der Waals surface area contributed by atoms with E-state index in [9.17, 15) is 13.2 Å². The van der Waals surface area contributed by atoms with E-state index in [0.29, 0.717) is 25.4 Å². The van der Waals surface area contributed by atoms with Gasteiger partial charge in [0.1, 0.15) is 5.75 Å². The summed E-state index contributed by atoms with van der Waals surface area (Å²) in [4.78, 5) is 14.3.